The molecule has 1 aromatic carbocycles. The molecular formula is C22H33N5O4S2. The van der Waals surface area contributed by atoms with Crippen molar-refractivity contribution in [1.82, 2.24) is 14.2 Å². The number of urea groups is 1. The zero-order valence-electron chi connectivity index (χ0n) is 19.9. The quantitative estimate of drug-likeness (QED) is 0.571. The number of benzene rings is 1. The fraction of sp³-hybridized carbons (Fsp3) is 0.545. The summed E-state index contributed by atoms with van der Waals surface area (Å²) in [6.45, 7) is 8.58. The van der Waals surface area contributed by atoms with Gasteiger partial charge in [0, 0.05) is 32.4 Å². The Morgan fingerprint density at radius 2 is 1.97 bits per heavy atom. The summed E-state index contributed by atoms with van der Waals surface area (Å²) in [5.41, 5.74) is 1.02. The van der Waals surface area contributed by atoms with Gasteiger partial charge in [-0.2, -0.15) is 0 Å². The number of thiazole rings is 1. The number of nitrogens with one attached hydrogen (secondary N) is 1. The number of likely N-dealkylation sites (N-methyl/N-ethyl adjacent to an activating group) is 1. The number of aromatic nitrogens is 1. The largest absolute Gasteiger partial charge is 0.494 e. The van der Waals surface area contributed by atoms with Crippen molar-refractivity contribution in [3.8, 4) is 5.75 Å². The Balaban J connectivity index is 1.90. The summed E-state index contributed by atoms with van der Waals surface area (Å²) in [6, 6.07) is 7.01. The van der Waals surface area contributed by atoms with Crippen LogP contribution < -0.4 is 15.0 Å². The van der Waals surface area contributed by atoms with Gasteiger partial charge < -0.3 is 10.1 Å². The number of hydrogen-bond acceptors (Lipinski definition) is 7. The van der Waals surface area contributed by atoms with Gasteiger partial charge in [-0.25, -0.2) is 22.5 Å². The number of sulfonamides is 1. The smallest absolute Gasteiger partial charge is 0.328 e. The maximum atomic E-state index is 13.4. The van der Waals surface area contributed by atoms with Gasteiger partial charge in [0.2, 0.25) is 0 Å². The first-order valence-electron chi connectivity index (χ1n) is 11.1. The summed E-state index contributed by atoms with van der Waals surface area (Å²) in [5.74, 6) is 0.728. The fourth-order valence-electron chi connectivity index (χ4n) is 3.86. The first-order valence-corrected chi connectivity index (χ1v) is 13.4. The highest BCUT2D eigenvalue weighted by atomic mass is 32.2. The third kappa shape index (κ3) is 5.84. The predicted octanol–water partition coefficient (Wildman–Crippen LogP) is 3.62. The minimum absolute atomic E-state index is 0.153. The van der Waals surface area contributed by atoms with Crippen LogP contribution in [-0.4, -0.2) is 75.0 Å². The van der Waals surface area contributed by atoms with Crippen LogP contribution in [-0.2, 0) is 10.0 Å². The molecule has 1 unspecified atom stereocenters. The van der Waals surface area contributed by atoms with Crippen LogP contribution >= 0.6 is 11.3 Å². The van der Waals surface area contributed by atoms with E-state index in [4.69, 9.17) is 4.74 Å². The number of ether oxygens (including phenoxy) is 1. The SMILES string of the molecule is CCOc1ccc(NC(=O)N(CC2CCCN2CC)c2nc(C)c(S(=O)(=O)N(C)C)s2)cc1. The molecule has 0 saturated carbocycles. The maximum Gasteiger partial charge on any atom is 0.328 e. The van der Waals surface area contributed by atoms with Gasteiger partial charge in [0.25, 0.3) is 10.0 Å². The van der Waals surface area contributed by atoms with Gasteiger partial charge in [0.15, 0.2) is 9.34 Å². The Hall–Kier alpha value is -2.21. The molecule has 3 rings (SSSR count). The topological polar surface area (TPSA) is 95.1 Å². The highest BCUT2D eigenvalue weighted by Crippen LogP contribution is 2.33. The summed E-state index contributed by atoms with van der Waals surface area (Å²) in [6.07, 6.45) is 2.05. The molecule has 2 aromatic rings. The zero-order valence-corrected chi connectivity index (χ0v) is 21.5. The lowest BCUT2D eigenvalue weighted by molar-refractivity contribution is 0.246. The summed E-state index contributed by atoms with van der Waals surface area (Å²) >= 11 is 1.03. The van der Waals surface area contributed by atoms with E-state index in [1.54, 1.807) is 36.1 Å². The molecule has 1 aromatic heterocycles. The average molecular weight is 496 g/mol. The molecule has 1 aliphatic heterocycles. The summed E-state index contributed by atoms with van der Waals surface area (Å²) in [5, 5.41) is 3.30. The van der Waals surface area contributed by atoms with Gasteiger partial charge >= 0.3 is 6.03 Å². The fourth-order valence-corrected chi connectivity index (χ4v) is 6.51. The molecule has 1 N–H and O–H groups in total. The predicted molar refractivity (Wildman–Crippen MR) is 132 cm³/mol. The van der Waals surface area contributed by atoms with Gasteiger partial charge in [-0.05, 0) is 64.0 Å². The van der Waals surface area contributed by atoms with Gasteiger partial charge in [0.05, 0.1) is 12.3 Å². The first kappa shape index (κ1) is 25.4. The van der Waals surface area contributed by atoms with Gasteiger partial charge in [-0.3, -0.25) is 9.80 Å². The van der Waals surface area contributed by atoms with E-state index in [-0.39, 0.29) is 16.3 Å². The molecule has 1 fully saturated rings. The lowest BCUT2D eigenvalue weighted by atomic mass is 10.2. The number of anilines is 2. The van der Waals surface area contributed by atoms with E-state index in [1.807, 2.05) is 6.92 Å². The molecule has 11 heteroatoms. The van der Waals surface area contributed by atoms with Crippen LogP contribution in [0.3, 0.4) is 0 Å². The van der Waals surface area contributed by atoms with Crippen molar-refractivity contribution in [2.45, 2.75) is 43.9 Å². The monoisotopic (exact) mass is 495 g/mol. The Kier molecular flexibility index (Phi) is 8.33. The molecule has 1 saturated heterocycles. The molecule has 0 bridgehead atoms. The molecule has 182 valence electrons. The number of carbonyl (C=O) groups is 1. The first-order chi connectivity index (χ1) is 15.7. The molecule has 2 amide bonds. The number of aryl methyl sites for hydroxylation is 1. The van der Waals surface area contributed by atoms with Gasteiger partial charge in [-0.1, -0.05) is 18.3 Å². The minimum Gasteiger partial charge on any atom is -0.494 e. The standard InChI is InChI=1S/C22H33N5O4S2/c1-6-26-14-8-9-18(26)15-27(21(28)24-17-10-12-19(13-11-17)31-7-2)22-23-16(3)20(32-22)33(29,30)25(4)5/h10-13,18H,6-9,14-15H2,1-5H3,(H,24,28). The lowest BCUT2D eigenvalue weighted by Crippen LogP contribution is -2.45. The van der Waals surface area contributed by atoms with Crippen molar-refractivity contribution in [3.63, 3.8) is 0 Å². The van der Waals surface area contributed by atoms with E-state index < -0.39 is 10.0 Å². The van der Waals surface area contributed by atoms with Crippen molar-refractivity contribution in [2.75, 3.05) is 50.6 Å². The van der Waals surface area contributed by atoms with E-state index in [9.17, 15) is 13.2 Å². The third-order valence-electron chi connectivity index (χ3n) is 5.65. The van der Waals surface area contributed by atoms with Crippen LogP contribution in [0.25, 0.3) is 0 Å². The van der Waals surface area contributed by atoms with Crippen LogP contribution in [0.1, 0.15) is 32.4 Å². The molecule has 1 aliphatic rings. The normalized spacial score (nSPS) is 16.8. The Bertz CT molecular complexity index is 1050. The number of carbonyl (C=O) groups excluding carboxylic acids is 1. The minimum atomic E-state index is -3.65. The van der Waals surface area contributed by atoms with E-state index in [2.05, 4.69) is 22.1 Å². The van der Waals surface area contributed by atoms with Crippen LogP contribution in [0.5, 0.6) is 5.75 Å². The summed E-state index contributed by atoms with van der Waals surface area (Å²) in [4.78, 5) is 21.8. The highest BCUT2D eigenvalue weighted by Gasteiger charge is 2.32. The van der Waals surface area contributed by atoms with Crippen molar-refractivity contribution in [3.05, 3.63) is 30.0 Å². The van der Waals surface area contributed by atoms with E-state index in [0.717, 1.165) is 47.3 Å². The van der Waals surface area contributed by atoms with Crippen LogP contribution in [0, 0.1) is 6.92 Å². The number of likely N-dealkylation sites (tertiary alicyclic amines) is 1. The summed E-state index contributed by atoms with van der Waals surface area (Å²) in [7, 11) is -0.675. The van der Waals surface area contributed by atoms with Crippen LogP contribution in [0.15, 0.2) is 28.5 Å². The van der Waals surface area contributed by atoms with E-state index >= 15 is 0 Å². The molecule has 0 aliphatic carbocycles. The van der Waals surface area contributed by atoms with Gasteiger partial charge in [-0.15, -0.1) is 0 Å². The number of nitrogens with zero attached hydrogens (tertiary/aromatic N) is 4. The average Bonchev–Trinajstić information content (AvgIpc) is 3.39. The van der Waals surface area contributed by atoms with E-state index in [1.165, 1.54) is 14.1 Å². The Labute approximate surface area is 200 Å². The van der Waals surface area contributed by atoms with Crippen molar-refractivity contribution in [1.29, 1.82) is 0 Å². The number of hydrogen-bond donors (Lipinski definition) is 1. The molecule has 33 heavy (non-hydrogen) atoms. The molecule has 9 nitrogen and oxygen atoms in total. The van der Waals surface area contributed by atoms with E-state index in [0.29, 0.717) is 29.7 Å². The van der Waals surface area contributed by atoms with Crippen molar-refractivity contribution < 1.29 is 17.9 Å². The Morgan fingerprint density at radius 3 is 2.58 bits per heavy atom. The van der Waals surface area contributed by atoms with Crippen molar-refractivity contribution in [2.24, 2.45) is 0 Å². The summed E-state index contributed by atoms with van der Waals surface area (Å²) < 4.78 is 32.3. The Morgan fingerprint density at radius 1 is 1.27 bits per heavy atom. The molecule has 0 spiro atoms. The van der Waals surface area contributed by atoms with Crippen LogP contribution in [0.2, 0.25) is 0 Å². The zero-order chi connectivity index (χ0) is 24.2. The van der Waals surface area contributed by atoms with Crippen molar-refractivity contribution >= 4 is 38.2 Å². The molecule has 1 atom stereocenters. The third-order valence-corrected chi connectivity index (χ3v) is 9.23. The molecule has 0 radical (unpaired) electrons. The van der Waals surface area contributed by atoms with Gasteiger partial charge in [0.1, 0.15) is 5.75 Å². The second kappa shape index (κ2) is 10.8. The number of rotatable bonds is 9. The highest BCUT2D eigenvalue weighted by molar-refractivity contribution is 7.91. The van der Waals surface area contributed by atoms with Crippen LogP contribution in [0.4, 0.5) is 15.6 Å². The maximum absolute atomic E-state index is 13.4. The lowest BCUT2D eigenvalue weighted by Gasteiger charge is -2.29. The molecule has 2 heterocycles. The second-order valence-electron chi connectivity index (χ2n) is 8.08. The number of amides is 2. The second-order valence-corrected chi connectivity index (χ2v) is 11.4. The molecular weight excluding hydrogens is 462 g/mol.